The van der Waals surface area contributed by atoms with Gasteiger partial charge >= 0.3 is 0 Å². The number of phenols is 1. The van der Waals surface area contributed by atoms with Crippen LogP contribution in [-0.2, 0) is 0 Å². The van der Waals surface area contributed by atoms with Gasteiger partial charge in [-0.25, -0.2) is 0 Å². The quantitative estimate of drug-likeness (QED) is 0.806. The van der Waals surface area contributed by atoms with Crippen molar-refractivity contribution in [3.8, 4) is 5.75 Å². The molecule has 0 saturated carbocycles. The Morgan fingerprint density at radius 2 is 1.79 bits per heavy atom. The molecule has 0 unspecified atom stereocenters. The molecule has 3 heteroatoms. The number of carbonyl (C=O) groups is 1. The Bertz CT molecular complexity index is 633. The lowest BCUT2D eigenvalue weighted by Gasteiger charge is -2.11. The van der Waals surface area contributed by atoms with Gasteiger partial charge in [0.1, 0.15) is 5.75 Å². The maximum absolute atomic E-state index is 12.1. The highest BCUT2D eigenvalue weighted by Crippen LogP contribution is 2.25. The van der Waals surface area contributed by atoms with Crippen LogP contribution in [-0.4, -0.2) is 11.0 Å². The molecule has 0 heterocycles. The number of phenolic OH excluding ortho intramolecular Hbond substituents is 1. The van der Waals surface area contributed by atoms with E-state index in [1.165, 1.54) is 0 Å². The molecule has 0 atom stereocenters. The van der Waals surface area contributed by atoms with Gasteiger partial charge < -0.3 is 10.4 Å². The van der Waals surface area contributed by atoms with Crippen LogP contribution in [0, 0.1) is 20.8 Å². The van der Waals surface area contributed by atoms with Crippen molar-refractivity contribution in [2.45, 2.75) is 20.8 Å². The summed E-state index contributed by atoms with van der Waals surface area (Å²) < 4.78 is 0. The smallest absolute Gasteiger partial charge is 0.255 e. The van der Waals surface area contributed by atoms with E-state index in [1.54, 1.807) is 25.1 Å². The van der Waals surface area contributed by atoms with Crippen LogP contribution in [0.15, 0.2) is 36.4 Å². The van der Waals surface area contributed by atoms with Gasteiger partial charge in [0.25, 0.3) is 5.91 Å². The maximum atomic E-state index is 12.1. The highest BCUT2D eigenvalue weighted by molar-refractivity contribution is 6.04. The van der Waals surface area contributed by atoms with Gasteiger partial charge in [-0.3, -0.25) is 4.79 Å². The van der Waals surface area contributed by atoms with Gasteiger partial charge in [-0.05, 0) is 56.2 Å². The van der Waals surface area contributed by atoms with Crippen molar-refractivity contribution in [2.24, 2.45) is 0 Å². The molecule has 0 radical (unpaired) electrons. The summed E-state index contributed by atoms with van der Waals surface area (Å²) in [6.45, 7) is 5.61. The molecule has 0 aliphatic heterocycles. The second-order valence-corrected chi connectivity index (χ2v) is 4.78. The predicted octanol–water partition coefficient (Wildman–Crippen LogP) is 3.57. The van der Waals surface area contributed by atoms with Gasteiger partial charge in [0, 0.05) is 11.3 Å². The maximum Gasteiger partial charge on any atom is 0.255 e. The third-order valence-electron chi connectivity index (χ3n) is 3.07. The summed E-state index contributed by atoms with van der Waals surface area (Å²) in [6.07, 6.45) is 0. The van der Waals surface area contributed by atoms with Gasteiger partial charge in [0.15, 0.2) is 0 Å². The van der Waals surface area contributed by atoms with Gasteiger partial charge in [0.05, 0.1) is 0 Å². The number of amides is 1. The molecule has 1 amide bonds. The normalized spacial score (nSPS) is 10.3. The number of carbonyl (C=O) groups excluding carboxylic acids is 1. The Hall–Kier alpha value is -2.29. The van der Waals surface area contributed by atoms with E-state index in [2.05, 4.69) is 5.32 Å². The van der Waals surface area contributed by atoms with Crippen LogP contribution >= 0.6 is 0 Å². The number of rotatable bonds is 2. The SMILES string of the molecule is Cc1cccc(C(=O)Nc2cc(C)c(O)cc2C)c1. The Morgan fingerprint density at radius 1 is 1.05 bits per heavy atom. The molecule has 2 aromatic rings. The zero-order chi connectivity index (χ0) is 14.0. The van der Waals surface area contributed by atoms with E-state index in [4.69, 9.17) is 0 Å². The van der Waals surface area contributed by atoms with Crippen molar-refractivity contribution in [1.29, 1.82) is 0 Å². The summed E-state index contributed by atoms with van der Waals surface area (Å²) in [5.41, 5.74) is 3.98. The number of hydrogen-bond donors (Lipinski definition) is 2. The van der Waals surface area contributed by atoms with Crippen LogP contribution in [0.4, 0.5) is 5.69 Å². The first-order chi connectivity index (χ1) is 8.97. The predicted molar refractivity (Wildman–Crippen MR) is 76.7 cm³/mol. The van der Waals surface area contributed by atoms with Crippen LogP contribution in [0.5, 0.6) is 5.75 Å². The lowest BCUT2D eigenvalue weighted by Crippen LogP contribution is -2.13. The summed E-state index contributed by atoms with van der Waals surface area (Å²) in [5.74, 6) is 0.0999. The number of benzene rings is 2. The van der Waals surface area contributed by atoms with E-state index in [0.29, 0.717) is 5.56 Å². The van der Waals surface area contributed by atoms with E-state index < -0.39 is 0 Å². The molecule has 98 valence electrons. The van der Waals surface area contributed by atoms with E-state index in [0.717, 1.165) is 22.4 Å². The van der Waals surface area contributed by atoms with E-state index >= 15 is 0 Å². The van der Waals surface area contributed by atoms with Crippen molar-refractivity contribution in [2.75, 3.05) is 5.32 Å². The first-order valence-corrected chi connectivity index (χ1v) is 6.15. The second kappa shape index (κ2) is 5.14. The Kier molecular flexibility index (Phi) is 3.56. The first-order valence-electron chi connectivity index (χ1n) is 6.15. The summed E-state index contributed by atoms with van der Waals surface area (Å²) in [7, 11) is 0. The standard InChI is InChI=1S/C16H17NO2/c1-10-5-4-6-13(7-10)16(19)17-14-8-12(3)15(18)9-11(14)2/h4-9,18H,1-3H3,(H,17,19). The number of aryl methyl sites for hydroxylation is 3. The largest absolute Gasteiger partial charge is 0.508 e. The molecule has 3 nitrogen and oxygen atoms in total. The molecule has 0 aliphatic rings. The summed E-state index contributed by atoms with van der Waals surface area (Å²) in [5, 5.41) is 12.5. The molecule has 0 fully saturated rings. The zero-order valence-electron chi connectivity index (χ0n) is 11.3. The van der Waals surface area contributed by atoms with Crippen LogP contribution in [0.2, 0.25) is 0 Å². The molecule has 2 N–H and O–H groups in total. The van der Waals surface area contributed by atoms with Crippen LogP contribution < -0.4 is 5.32 Å². The summed E-state index contributed by atoms with van der Waals surface area (Å²) in [4.78, 5) is 12.1. The molecule has 0 bridgehead atoms. The average molecular weight is 255 g/mol. The minimum Gasteiger partial charge on any atom is -0.508 e. The molecule has 0 saturated heterocycles. The van der Waals surface area contributed by atoms with E-state index in [-0.39, 0.29) is 11.7 Å². The van der Waals surface area contributed by atoms with Crippen LogP contribution in [0.3, 0.4) is 0 Å². The topological polar surface area (TPSA) is 49.3 Å². The number of aromatic hydroxyl groups is 1. The minimum absolute atomic E-state index is 0.142. The van der Waals surface area contributed by atoms with Gasteiger partial charge in [-0.15, -0.1) is 0 Å². The van der Waals surface area contributed by atoms with Gasteiger partial charge in [0.2, 0.25) is 0 Å². The molecule has 0 aromatic heterocycles. The molecular weight excluding hydrogens is 238 g/mol. The van der Waals surface area contributed by atoms with Crippen molar-refractivity contribution >= 4 is 11.6 Å². The van der Waals surface area contributed by atoms with Crippen molar-refractivity contribution in [3.05, 3.63) is 58.7 Å². The molecule has 0 aliphatic carbocycles. The lowest BCUT2D eigenvalue weighted by atomic mass is 10.1. The monoisotopic (exact) mass is 255 g/mol. The minimum atomic E-state index is -0.142. The average Bonchev–Trinajstić information content (AvgIpc) is 2.36. The Balaban J connectivity index is 2.27. The first kappa shape index (κ1) is 13.1. The molecule has 0 spiro atoms. The number of nitrogens with one attached hydrogen (secondary N) is 1. The third kappa shape index (κ3) is 2.94. The fourth-order valence-electron chi connectivity index (χ4n) is 1.92. The number of hydrogen-bond acceptors (Lipinski definition) is 2. The lowest BCUT2D eigenvalue weighted by molar-refractivity contribution is 0.102. The van der Waals surface area contributed by atoms with Crippen molar-refractivity contribution in [3.63, 3.8) is 0 Å². The number of anilines is 1. The molecule has 2 rings (SSSR count). The molecule has 2 aromatic carbocycles. The van der Waals surface area contributed by atoms with Crippen molar-refractivity contribution < 1.29 is 9.90 Å². The zero-order valence-corrected chi connectivity index (χ0v) is 11.3. The fourth-order valence-corrected chi connectivity index (χ4v) is 1.92. The van der Waals surface area contributed by atoms with Gasteiger partial charge in [-0.2, -0.15) is 0 Å². The summed E-state index contributed by atoms with van der Waals surface area (Å²) in [6, 6.07) is 10.9. The van der Waals surface area contributed by atoms with Crippen molar-refractivity contribution in [1.82, 2.24) is 0 Å². The fraction of sp³-hybridized carbons (Fsp3) is 0.188. The van der Waals surface area contributed by atoms with E-state index in [9.17, 15) is 9.90 Å². The summed E-state index contributed by atoms with van der Waals surface area (Å²) >= 11 is 0. The molecular formula is C16H17NO2. The van der Waals surface area contributed by atoms with E-state index in [1.807, 2.05) is 32.0 Å². The van der Waals surface area contributed by atoms with Crippen LogP contribution in [0.1, 0.15) is 27.0 Å². The van der Waals surface area contributed by atoms with Crippen LogP contribution in [0.25, 0.3) is 0 Å². The highest BCUT2D eigenvalue weighted by atomic mass is 16.3. The second-order valence-electron chi connectivity index (χ2n) is 4.78. The Labute approximate surface area is 112 Å². The highest BCUT2D eigenvalue weighted by Gasteiger charge is 2.09. The Morgan fingerprint density at radius 3 is 2.47 bits per heavy atom. The third-order valence-corrected chi connectivity index (χ3v) is 3.07. The van der Waals surface area contributed by atoms with Gasteiger partial charge in [-0.1, -0.05) is 17.7 Å². The molecule has 19 heavy (non-hydrogen) atoms.